The van der Waals surface area contributed by atoms with E-state index < -0.39 is 0 Å². The molecule has 0 bridgehead atoms. The predicted molar refractivity (Wildman–Crippen MR) is 62.5 cm³/mol. The molecule has 0 aromatic heterocycles. The lowest BCUT2D eigenvalue weighted by atomic mass is 9.95. The highest BCUT2D eigenvalue weighted by Crippen LogP contribution is 2.31. The lowest BCUT2D eigenvalue weighted by molar-refractivity contribution is -0.156. The maximum atomic E-state index is 6.13. The zero-order valence-electron chi connectivity index (χ0n) is 8.73. The molecule has 0 unspecified atom stereocenters. The van der Waals surface area contributed by atoms with Gasteiger partial charge in [-0.25, -0.2) is 0 Å². The summed E-state index contributed by atoms with van der Waals surface area (Å²) < 4.78 is 12.5. The van der Waals surface area contributed by atoms with Crippen molar-refractivity contribution in [1.29, 1.82) is 0 Å². The monoisotopic (exact) mass is 298 g/mol. The van der Waals surface area contributed by atoms with E-state index in [2.05, 4.69) is 43.4 Å². The van der Waals surface area contributed by atoms with Crippen LogP contribution in [0, 0.1) is 0 Å². The minimum Gasteiger partial charge on any atom is -0.381 e. The van der Waals surface area contributed by atoms with E-state index in [-0.39, 0.29) is 11.2 Å². The summed E-state index contributed by atoms with van der Waals surface area (Å²) in [5.74, 6) is 0. The van der Waals surface area contributed by atoms with Gasteiger partial charge in [-0.1, -0.05) is 22.6 Å². The lowest BCUT2D eigenvalue weighted by Crippen LogP contribution is -2.45. The van der Waals surface area contributed by atoms with Gasteiger partial charge in [0.25, 0.3) is 0 Å². The van der Waals surface area contributed by atoms with Gasteiger partial charge in [0.15, 0.2) is 0 Å². The van der Waals surface area contributed by atoms with Crippen molar-refractivity contribution in [2.75, 3.05) is 17.6 Å². The molecule has 0 N–H and O–H groups in total. The van der Waals surface area contributed by atoms with Gasteiger partial charge in [-0.3, -0.25) is 0 Å². The van der Waals surface area contributed by atoms with Gasteiger partial charge in [-0.05, 0) is 20.8 Å². The molecule has 1 rings (SSSR count). The molecule has 0 aromatic rings. The van der Waals surface area contributed by atoms with Crippen molar-refractivity contribution in [1.82, 2.24) is 0 Å². The van der Waals surface area contributed by atoms with E-state index >= 15 is 0 Å². The van der Waals surface area contributed by atoms with Gasteiger partial charge in [-0.15, -0.1) is 0 Å². The Morgan fingerprint density at radius 2 is 1.85 bits per heavy atom. The van der Waals surface area contributed by atoms with Crippen LogP contribution in [0.3, 0.4) is 0 Å². The molecule has 0 spiro atoms. The van der Waals surface area contributed by atoms with Crippen molar-refractivity contribution in [3.63, 3.8) is 0 Å². The Morgan fingerprint density at radius 3 is 2.23 bits per heavy atom. The van der Waals surface area contributed by atoms with E-state index in [1.807, 2.05) is 0 Å². The van der Waals surface area contributed by atoms with Crippen LogP contribution >= 0.6 is 22.6 Å². The number of halogens is 1. The standard InChI is InChI=1S/C10H19IO2/c1-9(2,3)13-10(8-11)4-6-12-7-5-10/h4-8H2,1-3H3. The number of ether oxygens (including phenoxy) is 2. The number of hydrogen-bond acceptors (Lipinski definition) is 2. The molecule has 0 aromatic carbocycles. The quantitative estimate of drug-likeness (QED) is 0.576. The summed E-state index contributed by atoms with van der Waals surface area (Å²) in [5, 5.41) is 0. The first-order valence-electron chi connectivity index (χ1n) is 4.81. The lowest BCUT2D eigenvalue weighted by Gasteiger charge is -2.40. The minimum absolute atomic E-state index is 0.0392. The maximum absolute atomic E-state index is 6.13. The van der Waals surface area contributed by atoms with E-state index in [1.165, 1.54) is 0 Å². The molecule has 78 valence electrons. The fraction of sp³-hybridized carbons (Fsp3) is 1.00. The highest BCUT2D eigenvalue weighted by molar-refractivity contribution is 14.1. The normalized spacial score (nSPS) is 23.1. The molecule has 0 atom stereocenters. The van der Waals surface area contributed by atoms with Gasteiger partial charge in [0.05, 0.1) is 11.2 Å². The SMILES string of the molecule is CC(C)(C)OC1(CI)CCOCC1. The van der Waals surface area contributed by atoms with E-state index in [1.54, 1.807) is 0 Å². The third kappa shape index (κ3) is 3.72. The molecule has 0 aliphatic carbocycles. The van der Waals surface area contributed by atoms with Gasteiger partial charge in [-0.2, -0.15) is 0 Å². The second-order valence-electron chi connectivity index (χ2n) is 4.64. The Labute approximate surface area is 94.5 Å². The Kier molecular flexibility index (Phi) is 4.01. The number of alkyl halides is 1. The van der Waals surface area contributed by atoms with Crippen molar-refractivity contribution in [2.45, 2.75) is 44.8 Å². The summed E-state index contributed by atoms with van der Waals surface area (Å²) in [4.78, 5) is 0. The fourth-order valence-corrected chi connectivity index (χ4v) is 2.57. The Hall–Kier alpha value is 0.650. The largest absolute Gasteiger partial charge is 0.381 e. The molecular formula is C10H19IO2. The summed E-state index contributed by atoms with van der Waals surface area (Å²) in [6.45, 7) is 8.06. The predicted octanol–water partition coefficient (Wildman–Crippen LogP) is 2.79. The molecular weight excluding hydrogens is 279 g/mol. The van der Waals surface area contributed by atoms with Gasteiger partial charge >= 0.3 is 0 Å². The van der Waals surface area contributed by atoms with Crippen LogP contribution in [0.15, 0.2) is 0 Å². The zero-order valence-corrected chi connectivity index (χ0v) is 10.9. The van der Waals surface area contributed by atoms with Crippen molar-refractivity contribution in [3.8, 4) is 0 Å². The molecule has 1 heterocycles. The van der Waals surface area contributed by atoms with E-state index in [0.717, 1.165) is 30.5 Å². The van der Waals surface area contributed by atoms with Gasteiger partial charge in [0, 0.05) is 30.5 Å². The van der Waals surface area contributed by atoms with Crippen LogP contribution in [0.25, 0.3) is 0 Å². The van der Waals surface area contributed by atoms with E-state index in [9.17, 15) is 0 Å². The summed E-state index contributed by atoms with van der Waals surface area (Å²) in [7, 11) is 0. The summed E-state index contributed by atoms with van der Waals surface area (Å²) >= 11 is 2.42. The third-order valence-electron chi connectivity index (χ3n) is 2.17. The molecule has 1 fully saturated rings. The third-order valence-corrected chi connectivity index (χ3v) is 3.56. The molecule has 3 heteroatoms. The summed E-state index contributed by atoms with van der Waals surface area (Å²) in [6, 6.07) is 0. The number of rotatable bonds is 2. The zero-order chi connectivity index (χ0) is 9.95. The molecule has 1 aliphatic rings. The van der Waals surface area contributed by atoms with Crippen LogP contribution in [-0.4, -0.2) is 28.8 Å². The summed E-state index contributed by atoms with van der Waals surface area (Å²) in [5.41, 5.74) is 0.0274. The Balaban J connectivity index is 2.57. The van der Waals surface area contributed by atoms with Crippen LogP contribution in [0.2, 0.25) is 0 Å². The van der Waals surface area contributed by atoms with Crippen molar-refractivity contribution >= 4 is 22.6 Å². The molecule has 1 aliphatic heterocycles. The van der Waals surface area contributed by atoms with Crippen LogP contribution in [-0.2, 0) is 9.47 Å². The molecule has 0 amide bonds. The molecule has 1 saturated heterocycles. The average molecular weight is 298 g/mol. The minimum atomic E-state index is -0.0392. The van der Waals surface area contributed by atoms with Crippen molar-refractivity contribution in [2.24, 2.45) is 0 Å². The van der Waals surface area contributed by atoms with Crippen LogP contribution in [0.4, 0.5) is 0 Å². The molecule has 0 saturated carbocycles. The maximum Gasteiger partial charge on any atom is 0.0822 e. The van der Waals surface area contributed by atoms with Crippen LogP contribution in [0.1, 0.15) is 33.6 Å². The van der Waals surface area contributed by atoms with E-state index in [4.69, 9.17) is 9.47 Å². The topological polar surface area (TPSA) is 18.5 Å². The van der Waals surface area contributed by atoms with Gasteiger partial charge in [0.2, 0.25) is 0 Å². The van der Waals surface area contributed by atoms with E-state index in [0.29, 0.717) is 0 Å². The highest BCUT2D eigenvalue weighted by atomic mass is 127. The first-order chi connectivity index (χ1) is 5.97. The smallest absolute Gasteiger partial charge is 0.0822 e. The fourth-order valence-electron chi connectivity index (χ4n) is 1.66. The second kappa shape index (κ2) is 4.45. The summed E-state index contributed by atoms with van der Waals surface area (Å²) in [6.07, 6.45) is 2.07. The number of hydrogen-bond donors (Lipinski definition) is 0. The highest BCUT2D eigenvalue weighted by Gasteiger charge is 2.36. The van der Waals surface area contributed by atoms with Gasteiger partial charge < -0.3 is 9.47 Å². The first kappa shape index (κ1) is 11.7. The van der Waals surface area contributed by atoms with Crippen LogP contribution in [0.5, 0.6) is 0 Å². The van der Waals surface area contributed by atoms with Crippen LogP contribution < -0.4 is 0 Å². The Morgan fingerprint density at radius 1 is 1.31 bits per heavy atom. The first-order valence-corrected chi connectivity index (χ1v) is 6.34. The van der Waals surface area contributed by atoms with Gasteiger partial charge in [0.1, 0.15) is 0 Å². The average Bonchev–Trinajstić information content (AvgIpc) is 2.03. The molecule has 2 nitrogen and oxygen atoms in total. The molecule has 13 heavy (non-hydrogen) atoms. The molecule has 0 radical (unpaired) electrons. The second-order valence-corrected chi connectivity index (χ2v) is 5.41. The van der Waals surface area contributed by atoms with Crippen molar-refractivity contribution < 1.29 is 9.47 Å². The van der Waals surface area contributed by atoms with Crippen molar-refractivity contribution in [3.05, 3.63) is 0 Å². The Bertz CT molecular complexity index is 157.